The zero-order valence-corrected chi connectivity index (χ0v) is 17.7. The molecular formula is C24H31ClN2O. The number of aryl methyl sites for hydroxylation is 3. The maximum Gasteiger partial charge on any atom is 0.234 e. The SMILES string of the molecule is CC(C)N(CC(=O)NC1CCc2cc3c(cc21)CCC3)Cc1ccccc1.Cl. The highest BCUT2D eigenvalue weighted by molar-refractivity contribution is 5.85. The number of hydrogen-bond donors (Lipinski definition) is 1. The van der Waals surface area contributed by atoms with E-state index < -0.39 is 0 Å². The number of carbonyl (C=O) groups is 1. The van der Waals surface area contributed by atoms with Gasteiger partial charge in [0.25, 0.3) is 0 Å². The fourth-order valence-electron chi connectivity index (χ4n) is 4.50. The smallest absolute Gasteiger partial charge is 0.234 e. The maximum absolute atomic E-state index is 12.8. The molecule has 3 nitrogen and oxygen atoms in total. The average molecular weight is 399 g/mol. The first-order valence-corrected chi connectivity index (χ1v) is 10.3. The Balaban J connectivity index is 0.00000225. The molecule has 2 aromatic carbocycles. The molecule has 0 aliphatic heterocycles. The third-order valence-electron chi connectivity index (χ3n) is 6.07. The van der Waals surface area contributed by atoms with Gasteiger partial charge in [0.1, 0.15) is 0 Å². The number of nitrogens with zero attached hydrogens (tertiary/aromatic N) is 1. The highest BCUT2D eigenvalue weighted by Gasteiger charge is 2.27. The van der Waals surface area contributed by atoms with Crippen molar-refractivity contribution in [3.63, 3.8) is 0 Å². The molecule has 0 heterocycles. The summed E-state index contributed by atoms with van der Waals surface area (Å²) in [6, 6.07) is 15.7. The van der Waals surface area contributed by atoms with Crippen LogP contribution in [0.25, 0.3) is 0 Å². The largest absolute Gasteiger partial charge is 0.348 e. The van der Waals surface area contributed by atoms with E-state index in [0.29, 0.717) is 12.6 Å². The molecule has 0 saturated heterocycles. The molecule has 150 valence electrons. The Morgan fingerprint density at radius 3 is 2.50 bits per heavy atom. The molecular weight excluding hydrogens is 368 g/mol. The van der Waals surface area contributed by atoms with E-state index in [0.717, 1.165) is 19.4 Å². The van der Waals surface area contributed by atoms with Crippen LogP contribution < -0.4 is 5.32 Å². The van der Waals surface area contributed by atoms with Gasteiger partial charge in [-0.15, -0.1) is 12.4 Å². The normalized spacial score (nSPS) is 17.4. The minimum atomic E-state index is 0. The summed E-state index contributed by atoms with van der Waals surface area (Å²) < 4.78 is 0. The van der Waals surface area contributed by atoms with Gasteiger partial charge in [0.05, 0.1) is 12.6 Å². The maximum atomic E-state index is 12.8. The van der Waals surface area contributed by atoms with Crippen molar-refractivity contribution in [3.8, 4) is 0 Å². The standard InChI is InChI=1S/C24H30N2O.ClH/c1-17(2)26(15-18-7-4-3-5-8-18)16-24(27)25-23-12-11-21-13-19-9-6-10-20(19)14-22(21)23;/h3-5,7-8,13-14,17,23H,6,9-12,15-16H2,1-2H3,(H,25,27);1H. The van der Waals surface area contributed by atoms with Gasteiger partial charge in [0.15, 0.2) is 0 Å². The second kappa shape index (κ2) is 9.11. The monoisotopic (exact) mass is 398 g/mol. The van der Waals surface area contributed by atoms with Crippen LogP contribution in [0, 0.1) is 0 Å². The Morgan fingerprint density at radius 2 is 1.79 bits per heavy atom. The van der Waals surface area contributed by atoms with Gasteiger partial charge in [0.2, 0.25) is 5.91 Å². The number of carbonyl (C=O) groups excluding carboxylic acids is 1. The summed E-state index contributed by atoms with van der Waals surface area (Å²) in [4.78, 5) is 15.0. The number of benzene rings is 2. The molecule has 0 radical (unpaired) electrons. The summed E-state index contributed by atoms with van der Waals surface area (Å²) in [5.41, 5.74) is 7.10. The van der Waals surface area contributed by atoms with Crippen LogP contribution in [0.4, 0.5) is 0 Å². The lowest BCUT2D eigenvalue weighted by molar-refractivity contribution is -0.123. The van der Waals surface area contributed by atoms with Gasteiger partial charge in [-0.1, -0.05) is 42.5 Å². The summed E-state index contributed by atoms with van der Waals surface area (Å²) in [7, 11) is 0. The van der Waals surface area contributed by atoms with Gasteiger partial charge in [-0.3, -0.25) is 9.69 Å². The first-order valence-electron chi connectivity index (χ1n) is 10.3. The lowest BCUT2D eigenvalue weighted by Gasteiger charge is -2.27. The van der Waals surface area contributed by atoms with Crippen molar-refractivity contribution in [1.82, 2.24) is 10.2 Å². The first-order chi connectivity index (χ1) is 13.1. The Morgan fingerprint density at radius 1 is 1.07 bits per heavy atom. The molecule has 2 aliphatic rings. The van der Waals surface area contributed by atoms with E-state index in [2.05, 4.69) is 60.5 Å². The molecule has 0 spiro atoms. The minimum Gasteiger partial charge on any atom is -0.348 e. The van der Waals surface area contributed by atoms with Crippen LogP contribution in [0.5, 0.6) is 0 Å². The molecule has 28 heavy (non-hydrogen) atoms. The van der Waals surface area contributed by atoms with E-state index >= 15 is 0 Å². The molecule has 0 saturated carbocycles. The van der Waals surface area contributed by atoms with Crippen molar-refractivity contribution in [3.05, 3.63) is 70.3 Å². The number of amides is 1. The molecule has 1 N–H and O–H groups in total. The van der Waals surface area contributed by atoms with Gasteiger partial charge in [-0.25, -0.2) is 0 Å². The summed E-state index contributed by atoms with van der Waals surface area (Å²) in [6.07, 6.45) is 5.82. The molecule has 2 aliphatic carbocycles. The van der Waals surface area contributed by atoms with E-state index in [1.54, 1.807) is 0 Å². The second-order valence-corrected chi connectivity index (χ2v) is 8.32. The molecule has 0 fully saturated rings. The van der Waals surface area contributed by atoms with Crippen molar-refractivity contribution < 1.29 is 4.79 Å². The molecule has 0 bridgehead atoms. The lowest BCUT2D eigenvalue weighted by atomic mass is 10.0. The van der Waals surface area contributed by atoms with E-state index in [1.807, 2.05) is 6.07 Å². The lowest BCUT2D eigenvalue weighted by Crippen LogP contribution is -2.41. The van der Waals surface area contributed by atoms with Crippen molar-refractivity contribution in [2.24, 2.45) is 0 Å². The molecule has 1 atom stereocenters. The molecule has 4 rings (SSSR count). The summed E-state index contributed by atoms with van der Waals surface area (Å²) in [5.74, 6) is 0.137. The van der Waals surface area contributed by atoms with Gasteiger partial charge in [-0.2, -0.15) is 0 Å². The van der Waals surface area contributed by atoms with Crippen LogP contribution in [-0.4, -0.2) is 23.4 Å². The Labute approximate surface area is 174 Å². The van der Waals surface area contributed by atoms with Crippen LogP contribution >= 0.6 is 12.4 Å². The van der Waals surface area contributed by atoms with Gasteiger partial charge in [0, 0.05) is 12.6 Å². The zero-order chi connectivity index (χ0) is 18.8. The fraction of sp³-hybridized carbons (Fsp3) is 0.458. The molecule has 1 amide bonds. The Kier molecular flexibility index (Phi) is 6.79. The zero-order valence-electron chi connectivity index (χ0n) is 16.9. The average Bonchev–Trinajstić information content (AvgIpc) is 3.26. The number of rotatable bonds is 6. The van der Waals surface area contributed by atoms with E-state index in [9.17, 15) is 4.79 Å². The predicted molar refractivity (Wildman–Crippen MR) is 117 cm³/mol. The third kappa shape index (κ3) is 4.59. The van der Waals surface area contributed by atoms with E-state index in [-0.39, 0.29) is 24.4 Å². The van der Waals surface area contributed by atoms with Gasteiger partial charge in [-0.05, 0) is 73.8 Å². The summed E-state index contributed by atoms with van der Waals surface area (Å²) in [6.45, 7) is 5.57. The molecule has 1 unspecified atom stereocenters. The Hall–Kier alpha value is -1.84. The quantitative estimate of drug-likeness (QED) is 0.770. The third-order valence-corrected chi connectivity index (χ3v) is 6.07. The number of hydrogen-bond acceptors (Lipinski definition) is 2. The van der Waals surface area contributed by atoms with Gasteiger partial charge >= 0.3 is 0 Å². The first kappa shape index (κ1) is 20.9. The van der Waals surface area contributed by atoms with Crippen LogP contribution in [0.3, 0.4) is 0 Å². The van der Waals surface area contributed by atoms with Crippen LogP contribution in [-0.2, 0) is 30.6 Å². The highest BCUT2D eigenvalue weighted by atomic mass is 35.5. The second-order valence-electron chi connectivity index (χ2n) is 8.32. The number of fused-ring (bicyclic) bond motifs is 2. The summed E-state index contributed by atoms with van der Waals surface area (Å²) >= 11 is 0. The van der Waals surface area contributed by atoms with E-state index in [1.165, 1.54) is 47.1 Å². The number of halogens is 1. The molecule has 2 aromatic rings. The highest BCUT2D eigenvalue weighted by Crippen LogP contribution is 2.36. The predicted octanol–water partition coefficient (Wildman–Crippen LogP) is 4.61. The van der Waals surface area contributed by atoms with Crippen molar-refractivity contribution >= 4 is 18.3 Å². The van der Waals surface area contributed by atoms with Crippen LogP contribution in [0.1, 0.15) is 60.5 Å². The molecule has 0 aromatic heterocycles. The number of nitrogens with one attached hydrogen (secondary N) is 1. The minimum absolute atomic E-state index is 0. The van der Waals surface area contributed by atoms with E-state index in [4.69, 9.17) is 0 Å². The van der Waals surface area contributed by atoms with Crippen LogP contribution in [0.2, 0.25) is 0 Å². The summed E-state index contributed by atoms with van der Waals surface area (Å²) in [5, 5.41) is 3.32. The van der Waals surface area contributed by atoms with Crippen molar-refractivity contribution in [1.29, 1.82) is 0 Å². The molecule has 4 heteroatoms. The fourth-order valence-corrected chi connectivity index (χ4v) is 4.50. The van der Waals surface area contributed by atoms with Crippen molar-refractivity contribution in [2.75, 3.05) is 6.54 Å². The van der Waals surface area contributed by atoms with Crippen molar-refractivity contribution in [2.45, 2.75) is 64.6 Å². The van der Waals surface area contributed by atoms with Crippen LogP contribution in [0.15, 0.2) is 42.5 Å². The van der Waals surface area contributed by atoms with Gasteiger partial charge < -0.3 is 5.32 Å². The topological polar surface area (TPSA) is 32.3 Å². The Bertz CT molecular complexity index is 819.